The van der Waals surface area contributed by atoms with Crippen molar-refractivity contribution >= 4 is 17.8 Å². The van der Waals surface area contributed by atoms with Crippen LogP contribution in [-0.4, -0.2) is 51.0 Å². The molecule has 0 aliphatic carbocycles. The zero-order valence-electron chi connectivity index (χ0n) is 9.24. The first-order valence-corrected chi connectivity index (χ1v) is 4.85. The lowest BCUT2D eigenvalue weighted by molar-refractivity contribution is -0.138. The van der Waals surface area contributed by atoms with Gasteiger partial charge in [-0.3, -0.25) is 14.4 Å². The van der Waals surface area contributed by atoms with Crippen molar-refractivity contribution in [2.75, 3.05) is 13.1 Å². The van der Waals surface area contributed by atoms with Gasteiger partial charge in [0.15, 0.2) is 5.69 Å². The quantitative estimate of drug-likeness (QED) is 0.603. The highest BCUT2D eigenvalue weighted by atomic mass is 16.4. The zero-order valence-corrected chi connectivity index (χ0v) is 9.24. The minimum absolute atomic E-state index is 0.333. The van der Waals surface area contributed by atoms with Crippen LogP contribution < -0.4 is 5.73 Å². The molecule has 0 bridgehead atoms. The van der Waals surface area contributed by atoms with E-state index in [4.69, 9.17) is 10.8 Å². The minimum atomic E-state index is -1.31. The second kappa shape index (κ2) is 5.62. The fraction of sp³-hybridized carbons (Fsp3) is 0.200. The second-order valence-corrected chi connectivity index (χ2v) is 3.39. The third-order valence-electron chi connectivity index (χ3n) is 1.95. The predicted molar refractivity (Wildman–Crippen MR) is 58.6 cm³/mol. The van der Waals surface area contributed by atoms with Crippen LogP contribution in [0.1, 0.15) is 10.5 Å². The van der Waals surface area contributed by atoms with Gasteiger partial charge < -0.3 is 20.8 Å². The molecule has 1 heterocycles. The van der Waals surface area contributed by atoms with Gasteiger partial charge in [-0.05, 0) is 12.1 Å². The number of hydrogen-bond donors (Lipinski definition) is 3. The fourth-order valence-electron chi connectivity index (χ4n) is 1.26. The number of carbonyl (C=O) groups is 3. The van der Waals surface area contributed by atoms with Crippen LogP contribution >= 0.6 is 0 Å². The van der Waals surface area contributed by atoms with Crippen LogP contribution in [0, 0.1) is 0 Å². The van der Waals surface area contributed by atoms with Crippen LogP contribution in [0.2, 0.25) is 0 Å². The van der Waals surface area contributed by atoms with E-state index in [9.17, 15) is 19.5 Å². The number of pyridine rings is 1. The minimum Gasteiger partial charge on any atom is -0.505 e. The summed E-state index contributed by atoms with van der Waals surface area (Å²) in [7, 11) is 0. The number of nitrogens with two attached hydrogens (primary N) is 1. The fourth-order valence-corrected chi connectivity index (χ4v) is 1.26. The van der Waals surface area contributed by atoms with E-state index in [-0.39, 0.29) is 5.69 Å². The Hall–Kier alpha value is -2.64. The molecule has 8 nitrogen and oxygen atoms in total. The first-order valence-electron chi connectivity index (χ1n) is 4.85. The van der Waals surface area contributed by atoms with Crippen molar-refractivity contribution in [3.8, 4) is 5.75 Å². The van der Waals surface area contributed by atoms with Crippen LogP contribution in [-0.2, 0) is 9.59 Å². The summed E-state index contributed by atoms with van der Waals surface area (Å²) < 4.78 is 0. The molecule has 0 unspecified atom stereocenters. The average molecular weight is 253 g/mol. The topological polar surface area (TPSA) is 134 Å². The van der Waals surface area contributed by atoms with E-state index in [1.807, 2.05) is 0 Å². The summed E-state index contributed by atoms with van der Waals surface area (Å²) in [4.78, 5) is 37.5. The molecular formula is C10H11N3O5. The first-order chi connectivity index (χ1) is 8.41. The highest BCUT2D eigenvalue weighted by Crippen LogP contribution is 2.14. The molecule has 0 saturated heterocycles. The molecule has 2 amide bonds. The van der Waals surface area contributed by atoms with Crippen molar-refractivity contribution in [2.24, 2.45) is 5.73 Å². The molecule has 8 heteroatoms. The summed E-state index contributed by atoms with van der Waals surface area (Å²) in [5.41, 5.74) is 4.58. The summed E-state index contributed by atoms with van der Waals surface area (Å²) in [6.07, 6.45) is 1.26. The summed E-state index contributed by atoms with van der Waals surface area (Å²) in [6, 6.07) is 2.63. The Kier molecular flexibility index (Phi) is 4.19. The molecule has 1 rings (SSSR count). The molecule has 96 valence electrons. The van der Waals surface area contributed by atoms with Gasteiger partial charge in [0.25, 0.3) is 5.91 Å². The monoisotopic (exact) mass is 253 g/mol. The number of hydrogen-bond acceptors (Lipinski definition) is 5. The van der Waals surface area contributed by atoms with Crippen molar-refractivity contribution in [1.29, 1.82) is 0 Å². The van der Waals surface area contributed by atoms with Gasteiger partial charge in [-0.15, -0.1) is 0 Å². The van der Waals surface area contributed by atoms with E-state index < -0.39 is 36.6 Å². The SMILES string of the molecule is NC(=O)CN(CC(=O)O)C(=O)c1ncccc1O. The summed E-state index contributed by atoms with van der Waals surface area (Å²) in [6.45, 7) is -1.28. The lowest BCUT2D eigenvalue weighted by Gasteiger charge is -2.18. The van der Waals surface area contributed by atoms with Crippen molar-refractivity contribution < 1.29 is 24.6 Å². The predicted octanol–water partition coefficient (Wildman–Crippen LogP) is -1.20. The molecule has 0 spiro atoms. The van der Waals surface area contributed by atoms with Crippen molar-refractivity contribution in [2.45, 2.75) is 0 Å². The lowest BCUT2D eigenvalue weighted by atomic mass is 10.3. The normalized spacial score (nSPS) is 9.78. The molecule has 1 aromatic heterocycles. The van der Waals surface area contributed by atoms with E-state index in [2.05, 4.69) is 4.98 Å². The maximum Gasteiger partial charge on any atom is 0.323 e. The molecule has 0 aliphatic rings. The maximum absolute atomic E-state index is 11.9. The van der Waals surface area contributed by atoms with Gasteiger partial charge in [0, 0.05) is 6.20 Å². The largest absolute Gasteiger partial charge is 0.505 e. The van der Waals surface area contributed by atoms with Crippen LogP contribution in [0.3, 0.4) is 0 Å². The summed E-state index contributed by atoms with van der Waals surface area (Å²) in [5, 5.41) is 18.1. The van der Waals surface area contributed by atoms with Crippen LogP contribution in [0.4, 0.5) is 0 Å². The number of carbonyl (C=O) groups excluding carboxylic acids is 2. The van der Waals surface area contributed by atoms with E-state index in [1.165, 1.54) is 18.3 Å². The number of aromatic nitrogens is 1. The molecule has 0 radical (unpaired) electrons. The van der Waals surface area contributed by atoms with Gasteiger partial charge in [0.05, 0.1) is 0 Å². The van der Waals surface area contributed by atoms with Crippen LogP contribution in [0.5, 0.6) is 5.75 Å². The number of aliphatic carboxylic acids is 1. The number of amides is 2. The molecule has 1 aromatic rings. The van der Waals surface area contributed by atoms with Crippen LogP contribution in [0.15, 0.2) is 18.3 Å². The third kappa shape index (κ3) is 3.44. The smallest absolute Gasteiger partial charge is 0.323 e. The Morgan fingerprint density at radius 1 is 1.33 bits per heavy atom. The number of carboxylic acid groups (broad SMARTS) is 1. The van der Waals surface area contributed by atoms with Gasteiger partial charge in [-0.2, -0.15) is 0 Å². The van der Waals surface area contributed by atoms with Gasteiger partial charge in [-0.25, -0.2) is 4.98 Å². The van der Waals surface area contributed by atoms with Crippen molar-refractivity contribution in [3.05, 3.63) is 24.0 Å². The van der Waals surface area contributed by atoms with Gasteiger partial charge in [0.2, 0.25) is 5.91 Å². The third-order valence-corrected chi connectivity index (χ3v) is 1.95. The molecular weight excluding hydrogens is 242 g/mol. The highest BCUT2D eigenvalue weighted by Gasteiger charge is 2.23. The van der Waals surface area contributed by atoms with E-state index in [1.54, 1.807) is 0 Å². The molecule has 4 N–H and O–H groups in total. The Morgan fingerprint density at radius 2 is 2.00 bits per heavy atom. The molecule has 0 aliphatic heterocycles. The Bertz CT molecular complexity index is 472. The Labute approximate surface area is 102 Å². The summed E-state index contributed by atoms with van der Waals surface area (Å²) in [5.74, 6) is -3.45. The lowest BCUT2D eigenvalue weighted by Crippen LogP contribution is -2.41. The molecule has 0 saturated carbocycles. The number of aromatic hydroxyl groups is 1. The maximum atomic E-state index is 11.9. The Morgan fingerprint density at radius 3 is 2.50 bits per heavy atom. The van der Waals surface area contributed by atoms with Gasteiger partial charge in [0.1, 0.15) is 18.8 Å². The first kappa shape index (κ1) is 13.4. The van der Waals surface area contributed by atoms with E-state index in [0.717, 1.165) is 0 Å². The number of carboxylic acids is 1. The van der Waals surface area contributed by atoms with Crippen molar-refractivity contribution in [1.82, 2.24) is 9.88 Å². The molecule has 0 atom stereocenters. The highest BCUT2D eigenvalue weighted by molar-refractivity contribution is 5.98. The standard InChI is InChI=1S/C10H11N3O5/c11-7(15)4-13(5-8(16)17)10(18)9-6(14)2-1-3-12-9/h1-3,14H,4-5H2,(H2,11,15)(H,16,17). The number of primary amides is 1. The van der Waals surface area contributed by atoms with E-state index >= 15 is 0 Å². The zero-order chi connectivity index (χ0) is 13.7. The molecule has 18 heavy (non-hydrogen) atoms. The molecule has 0 fully saturated rings. The van der Waals surface area contributed by atoms with Gasteiger partial charge >= 0.3 is 5.97 Å². The number of rotatable bonds is 5. The van der Waals surface area contributed by atoms with Gasteiger partial charge in [-0.1, -0.05) is 0 Å². The van der Waals surface area contributed by atoms with E-state index in [0.29, 0.717) is 4.90 Å². The second-order valence-electron chi connectivity index (χ2n) is 3.39. The Balaban J connectivity index is 2.98. The average Bonchev–Trinajstić information content (AvgIpc) is 2.26. The summed E-state index contributed by atoms with van der Waals surface area (Å²) >= 11 is 0. The molecule has 0 aromatic carbocycles. The van der Waals surface area contributed by atoms with Crippen molar-refractivity contribution in [3.63, 3.8) is 0 Å². The van der Waals surface area contributed by atoms with Crippen LogP contribution in [0.25, 0.3) is 0 Å². The number of nitrogens with zero attached hydrogens (tertiary/aromatic N) is 2.